The van der Waals surface area contributed by atoms with Crippen LogP contribution in [-0.2, 0) is 13.0 Å². The molecule has 2 heteroatoms. The zero-order valence-corrected chi connectivity index (χ0v) is 12.4. The van der Waals surface area contributed by atoms with Crippen LogP contribution < -0.4 is 5.32 Å². The second-order valence-electron chi connectivity index (χ2n) is 4.44. The number of rotatable bonds is 4. The minimum absolute atomic E-state index is 0.866. The van der Waals surface area contributed by atoms with Crippen LogP contribution in [0, 0.1) is 6.92 Å². The third-order valence-electron chi connectivity index (χ3n) is 3.12. The first-order chi connectivity index (χ1) is 8.70. The molecule has 0 radical (unpaired) electrons. The second-order valence-corrected chi connectivity index (χ2v) is 5.36. The third-order valence-corrected chi connectivity index (χ3v) is 3.65. The molecule has 0 unspecified atom stereocenters. The van der Waals surface area contributed by atoms with Crippen LogP contribution in [0.4, 0.5) is 5.69 Å². The van der Waals surface area contributed by atoms with Crippen molar-refractivity contribution in [2.24, 2.45) is 0 Å². The fourth-order valence-corrected chi connectivity index (χ4v) is 2.33. The number of anilines is 1. The van der Waals surface area contributed by atoms with Crippen molar-refractivity contribution in [3.8, 4) is 0 Å². The van der Waals surface area contributed by atoms with E-state index in [0.717, 1.165) is 17.4 Å². The van der Waals surface area contributed by atoms with Gasteiger partial charge in [0.25, 0.3) is 0 Å². The SMILES string of the molecule is CCc1cccc(C)c1NCc1ccc(Br)cc1. The zero-order valence-electron chi connectivity index (χ0n) is 10.8. The Morgan fingerprint density at radius 3 is 2.44 bits per heavy atom. The van der Waals surface area contributed by atoms with Gasteiger partial charge in [-0.05, 0) is 42.2 Å². The van der Waals surface area contributed by atoms with Crippen LogP contribution in [0.5, 0.6) is 0 Å². The molecule has 0 aliphatic carbocycles. The summed E-state index contributed by atoms with van der Waals surface area (Å²) in [5.74, 6) is 0. The van der Waals surface area contributed by atoms with E-state index in [1.54, 1.807) is 0 Å². The van der Waals surface area contributed by atoms with Gasteiger partial charge in [0.05, 0.1) is 0 Å². The smallest absolute Gasteiger partial charge is 0.0404 e. The normalized spacial score (nSPS) is 10.4. The van der Waals surface area contributed by atoms with Gasteiger partial charge >= 0.3 is 0 Å². The summed E-state index contributed by atoms with van der Waals surface area (Å²) >= 11 is 3.46. The Morgan fingerprint density at radius 2 is 1.78 bits per heavy atom. The van der Waals surface area contributed by atoms with Crippen molar-refractivity contribution in [3.63, 3.8) is 0 Å². The molecule has 0 atom stereocenters. The Bertz CT molecular complexity index is 517. The number of halogens is 1. The van der Waals surface area contributed by atoms with Crippen LogP contribution in [0.15, 0.2) is 46.9 Å². The molecule has 0 fully saturated rings. The van der Waals surface area contributed by atoms with E-state index < -0.39 is 0 Å². The third kappa shape index (κ3) is 3.14. The molecule has 0 saturated carbocycles. The largest absolute Gasteiger partial charge is 0.381 e. The summed E-state index contributed by atoms with van der Waals surface area (Å²) in [6, 6.07) is 14.9. The number of para-hydroxylation sites is 1. The summed E-state index contributed by atoms with van der Waals surface area (Å²) in [4.78, 5) is 0. The highest BCUT2D eigenvalue weighted by atomic mass is 79.9. The fraction of sp³-hybridized carbons (Fsp3) is 0.250. The summed E-state index contributed by atoms with van der Waals surface area (Å²) in [6.45, 7) is 5.22. The van der Waals surface area contributed by atoms with E-state index in [9.17, 15) is 0 Å². The lowest BCUT2D eigenvalue weighted by Gasteiger charge is -2.14. The van der Waals surface area contributed by atoms with Crippen LogP contribution in [0.25, 0.3) is 0 Å². The molecule has 0 spiro atoms. The highest BCUT2D eigenvalue weighted by molar-refractivity contribution is 9.10. The number of hydrogen-bond acceptors (Lipinski definition) is 1. The second kappa shape index (κ2) is 6.05. The average Bonchev–Trinajstić information content (AvgIpc) is 2.39. The number of hydrogen-bond donors (Lipinski definition) is 1. The van der Waals surface area contributed by atoms with Crippen molar-refractivity contribution in [2.45, 2.75) is 26.8 Å². The number of benzene rings is 2. The van der Waals surface area contributed by atoms with E-state index in [-0.39, 0.29) is 0 Å². The molecule has 0 bridgehead atoms. The van der Waals surface area contributed by atoms with Gasteiger partial charge in [-0.15, -0.1) is 0 Å². The molecule has 0 heterocycles. The van der Waals surface area contributed by atoms with Gasteiger partial charge in [0.1, 0.15) is 0 Å². The molecule has 0 aliphatic rings. The summed E-state index contributed by atoms with van der Waals surface area (Å²) < 4.78 is 1.12. The van der Waals surface area contributed by atoms with Crippen LogP contribution in [0.1, 0.15) is 23.6 Å². The summed E-state index contributed by atoms with van der Waals surface area (Å²) in [5.41, 5.74) is 5.27. The molecule has 1 nitrogen and oxygen atoms in total. The number of nitrogens with one attached hydrogen (secondary N) is 1. The molecule has 18 heavy (non-hydrogen) atoms. The maximum atomic E-state index is 3.55. The monoisotopic (exact) mass is 303 g/mol. The van der Waals surface area contributed by atoms with E-state index in [0.29, 0.717) is 0 Å². The van der Waals surface area contributed by atoms with Gasteiger partial charge in [-0.3, -0.25) is 0 Å². The lowest BCUT2D eigenvalue weighted by atomic mass is 10.1. The minimum Gasteiger partial charge on any atom is -0.381 e. The van der Waals surface area contributed by atoms with Gasteiger partial charge in [0.2, 0.25) is 0 Å². The Morgan fingerprint density at radius 1 is 1.06 bits per heavy atom. The quantitative estimate of drug-likeness (QED) is 0.844. The molecule has 2 rings (SSSR count). The van der Waals surface area contributed by atoms with Gasteiger partial charge in [0, 0.05) is 16.7 Å². The van der Waals surface area contributed by atoms with Crippen LogP contribution in [0.2, 0.25) is 0 Å². The van der Waals surface area contributed by atoms with Gasteiger partial charge in [-0.2, -0.15) is 0 Å². The minimum atomic E-state index is 0.866. The zero-order chi connectivity index (χ0) is 13.0. The van der Waals surface area contributed by atoms with Crippen molar-refractivity contribution in [1.29, 1.82) is 0 Å². The molecule has 1 N–H and O–H groups in total. The molecule has 2 aromatic rings. The number of aryl methyl sites for hydroxylation is 2. The molecule has 2 aromatic carbocycles. The molecule has 0 aliphatic heterocycles. The van der Waals surface area contributed by atoms with E-state index in [1.807, 2.05) is 0 Å². The molecule has 0 amide bonds. The Hall–Kier alpha value is -1.28. The van der Waals surface area contributed by atoms with Gasteiger partial charge < -0.3 is 5.32 Å². The predicted octanol–water partition coefficient (Wildman–Crippen LogP) is 4.93. The van der Waals surface area contributed by atoms with Gasteiger partial charge in [0.15, 0.2) is 0 Å². The van der Waals surface area contributed by atoms with Crippen molar-refractivity contribution in [2.75, 3.05) is 5.32 Å². The molecule has 0 saturated heterocycles. The highest BCUT2D eigenvalue weighted by Gasteiger charge is 2.03. The lowest BCUT2D eigenvalue weighted by molar-refractivity contribution is 1.08. The first kappa shape index (κ1) is 13.2. The van der Waals surface area contributed by atoms with Crippen LogP contribution >= 0.6 is 15.9 Å². The lowest BCUT2D eigenvalue weighted by Crippen LogP contribution is -2.03. The maximum Gasteiger partial charge on any atom is 0.0404 e. The summed E-state index contributed by atoms with van der Waals surface area (Å²) in [5, 5.41) is 3.55. The van der Waals surface area contributed by atoms with Crippen molar-refractivity contribution in [3.05, 3.63) is 63.6 Å². The molecular formula is C16H18BrN. The molecular weight excluding hydrogens is 286 g/mol. The van der Waals surface area contributed by atoms with E-state index >= 15 is 0 Å². The van der Waals surface area contributed by atoms with E-state index in [2.05, 4.69) is 77.6 Å². The van der Waals surface area contributed by atoms with Gasteiger partial charge in [-0.1, -0.05) is 53.2 Å². The standard InChI is InChI=1S/C16H18BrN/c1-3-14-6-4-5-12(2)16(14)18-11-13-7-9-15(17)10-8-13/h4-10,18H,3,11H2,1-2H3. The molecule has 94 valence electrons. The van der Waals surface area contributed by atoms with Gasteiger partial charge in [-0.25, -0.2) is 0 Å². The summed E-state index contributed by atoms with van der Waals surface area (Å²) in [6.07, 6.45) is 1.06. The Kier molecular flexibility index (Phi) is 4.43. The average molecular weight is 304 g/mol. The van der Waals surface area contributed by atoms with Crippen molar-refractivity contribution in [1.82, 2.24) is 0 Å². The maximum absolute atomic E-state index is 3.55. The first-order valence-corrected chi connectivity index (χ1v) is 7.07. The van der Waals surface area contributed by atoms with Crippen molar-refractivity contribution >= 4 is 21.6 Å². The van der Waals surface area contributed by atoms with Crippen LogP contribution in [0.3, 0.4) is 0 Å². The first-order valence-electron chi connectivity index (χ1n) is 6.27. The Labute approximate surface area is 117 Å². The highest BCUT2D eigenvalue weighted by Crippen LogP contribution is 2.22. The van der Waals surface area contributed by atoms with Crippen LogP contribution in [-0.4, -0.2) is 0 Å². The topological polar surface area (TPSA) is 12.0 Å². The predicted molar refractivity (Wildman–Crippen MR) is 82.0 cm³/mol. The van der Waals surface area contributed by atoms with E-state index in [4.69, 9.17) is 0 Å². The molecule has 0 aromatic heterocycles. The fourth-order valence-electron chi connectivity index (χ4n) is 2.07. The van der Waals surface area contributed by atoms with Crippen molar-refractivity contribution < 1.29 is 0 Å². The Balaban J connectivity index is 2.12. The van der Waals surface area contributed by atoms with E-state index in [1.165, 1.54) is 22.4 Å². The summed E-state index contributed by atoms with van der Waals surface area (Å²) in [7, 11) is 0.